The molecule has 4 nitrogen and oxygen atoms in total. The van der Waals surface area contributed by atoms with E-state index in [0.29, 0.717) is 25.2 Å². The highest BCUT2D eigenvalue weighted by Gasteiger charge is 2.06. The van der Waals surface area contributed by atoms with Crippen LogP contribution >= 0.6 is 0 Å². The van der Waals surface area contributed by atoms with Crippen LogP contribution in [0.25, 0.3) is 0 Å². The van der Waals surface area contributed by atoms with Crippen LogP contribution in [0, 0.1) is 5.92 Å². The van der Waals surface area contributed by atoms with Crippen molar-refractivity contribution in [1.82, 2.24) is 0 Å². The van der Waals surface area contributed by atoms with Gasteiger partial charge in [0, 0.05) is 12.1 Å². The number of phenolic OH excluding ortho intramolecular Hbond substituents is 1. The van der Waals surface area contributed by atoms with Crippen molar-refractivity contribution in [1.29, 1.82) is 0 Å². The minimum absolute atomic E-state index is 0.0290. The van der Waals surface area contributed by atoms with Crippen molar-refractivity contribution >= 4 is 0 Å². The average Bonchev–Trinajstić information content (AvgIpc) is 2.49. The van der Waals surface area contributed by atoms with E-state index in [4.69, 9.17) is 15.6 Å². The molecule has 1 aromatic rings. The Morgan fingerprint density at radius 3 is 2.55 bits per heavy atom. The smallest absolute Gasteiger partial charge is 0.122 e. The number of ether oxygens (including phenoxy) is 1. The summed E-state index contributed by atoms with van der Waals surface area (Å²) in [5.74, 6) is 1.71. The summed E-state index contributed by atoms with van der Waals surface area (Å²) in [6, 6.07) is 5.18. The number of nitrogens with two attached hydrogens (primary N) is 1. The Morgan fingerprint density at radius 2 is 1.91 bits per heavy atom. The van der Waals surface area contributed by atoms with Crippen molar-refractivity contribution in [3.8, 4) is 11.5 Å². The van der Waals surface area contributed by atoms with Gasteiger partial charge in [-0.1, -0.05) is 39.2 Å². The summed E-state index contributed by atoms with van der Waals surface area (Å²) in [5.41, 5.74) is 6.51. The number of aliphatic hydroxyl groups is 1. The third kappa shape index (κ3) is 7.66. The Bertz CT molecular complexity index is 421. The second kappa shape index (κ2) is 10.5. The van der Waals surface area contributed by atoms with E-state index < -0.39 is 0 Å². The maximum atomic E-state index is 10.00. The van der Waals surface area contributed by atoms with Gasteiger partial charge in [0.05, 0.1) is 13.2 Å². The van der Waals surface area contributed by atoms with Crippen molar-refractivity contribution in [2.45, 2.75) is 58.4 Å². The van der Waals surface area contributed by atoms with E-state index >= 15 is 0 Å². The summed E-state index contributed by atoms with van der Waals surface area (Å²) in [7, 11) is 0. The van der Waals surface area contributed by atoms with Crippen LogP contribution in [0.3, 0.4) is 0 Å². The van der Waals surface area contributed by atoms with Crippen LogP contribution in [0.15, 0.2) is 18.2 Å². The van der Waals surface area contributed by atoms with Crippen LogP contribution in [-0.4, -0.2) is 29.5 Å². The molecule has 0 bridgehead atoms. The Balaban J connectivity index is 2.29. The lowest BCUT2D eigenvalue weighted by molar-refractivity contribution is 0.260. The molecule has 4 N–H and O–H groups in total. The number of unbranched alkanes of at least 4 members (excludes halogenated alkanes) is 2. The van der Waals surface area contributed by atoms with E-state index in [0.717, 1.165) is 17.9 Å². The van der Waals surface area contributed by atoms with Gasteiger partial charge in [0.1, 0.15) is 11.5 Å². The Morgan fingerprint density at radius 1 is 1.14 bits per heavy atom. The lowest BCUT2D eigenvalue weighted by atomic mass is 10.0. The van der Waals surface area contributed by atoms with Gasteiger partial charge in [-0.2, -0.15) is 0 Å². The molecule has 22 heavy (non-hydrogen) atoms. The first-order valence-electron chi connectivity index (χ1n) is 8.34. The number of aromatic hydroxyl groups is 1. The number of rotatable bonds is 11. The molecule has 0 aliphatic rings. The Kier molecular flexibility index (Phi) is 8.94. The summed E-state index contributed by atoms with van der Waals surface area (Å²) in [5, 5.41) is 18.9. The van der Waals surface area contributed by atoms with Gasteiger partial charge >= 0.3 is 0 Å². The third-order valence-corrected chi connectivity index (χ3v) is 3.77. The number of aliphatic hydroxyl groups excluding tert-OH is 1. The first-order chi connectivity index (χ1) is 10.5. The van der Waals surface area contributed by atoms with Crippen LogP contribution in [-0.2, 0) is 6.42 Å². The average molecular weight is 309 g/mol. The van der Waals surface area contributed by atoms with Crippen LogP contribution in [0.4, 0.5) is 0 Å². The number of phenols is 1. The molecule has 0 aliphatic carbocycles. The summed E-state index contributed by atoms with van der Waals surface area (Å²) in [6.07, 6.45) is 6.05. The molecule has 126 valence electrons. The molecule has 0 saturated carbocycles. The molecule has 0 radical (unpaired) electrons. The zero-order valence-corrected chi connectivity index (χ0v) is 13.9. The van der Waals surface area contributed by atoms with Gasteiger partial charge in [0.25, 0.3) is 0 Å². The molecule has 0 fully saturated rings. The van der Waals surface area contributed by atoms with Crippen LogP contribution in [0.2, 0.25) is 0 Å². The number of benzene rings is 1. The van der Waals surface area contributed by atoms with E-state index in [2.05, 4.69) is 13.8 Å². The number of hydrogen-bond acceptors (Lipinski definition) is 4. The van der Waals surface area contributed by atoms with Crippen LogP contribution in [0.1, 0.15) is 51.5 Å². The summed E-state index contributed by atoms with van der Waals surface area (Å²) in [4.78, 5) is 0. The quantitative estimate of drug-likeness (QED) is 0.549. The fourth-order valence-corrected chi connectivity index (χ4v) is 2.30. The van der Waals surface area contributed by atoms with E-state index in [1.807, 2.05) is 12.1 Å². The molecule has 0 aromatic heterocycles. The molecule has 0 spiro atoms. The molecule has 0 heterocycles. The van der Waals surface area contributed by atoms with Crippen LogP contribution < -0.4 is 10.5 Å². The SMILES string of the molecule is CC(C)CCCCCOc1ccc(CCC(N)CO)c(O)c1. The van der Waals surface area contributed by atoms with Gasteiger partial charge in [-0.15, -0.1) is 0 Å². The first-order valence-corrected chi connectivity index (χ1v) is 8.34. The van der Waals surface area contributed by atoms with Crippen molar-refractivity contribution < 1.29 is 14.9 Å². The minimum atomic E-state index is -0.235. The van der Waals surface area contributed by atoms with Crippen LogP contribution in [0.5, 0.6) is 11.5 Å². The van der Waals surface area contributed by atoms with E-state index in [-0.39, 0.29) is 18.4 Å². The standard InChI is InChI=1S/C18H31NO3/c1-14(2)6-4-3-5-11-22-17-10-8-15(18(21)12-17)7-9-16(19)13-20/h8,10,12,14,16,20-21H,3-7,9,11,13,19H2,1-2H3. The fraction of sp³-hybridized carbons (Fsp3) is 0.667. The molecule has 0 saturated heterocycles. The number of hydrogen-bond donors (Lipinski definition) is 3. The second-order valence-electron chi connectivity index (χ2n) is 6.36. The molecule has 0 amide bonds. The van der Waals surface area contributed by atoms with Crippen molar-refractivity contribution in [2.24, 2.45) is 11.7 Å². The van der Waals surface area contributed by atoms with Crippen molar-refractivity contribution in [3.05, 3.63) is 23.8 Å². The summed E-state index contributed by atoms with van der Waals surface area (Å²) >= 11 is 0. The van der Waals surface area contributed by atoms with Crippen molar-refractivity contribution in [3.63, 3.8) is 0 Å². The predicted octanol–water partition coefficient (Wildman–Crippen LogP) is 3.24. The molecular formula is C18H31NO3. The third-order valence-electron chi connectivity index (χ3n) is 3.77. The maximum Gasteiger partial charge on any atom is 0.122 e. The highest BCUT2D eigenvalue weighted by molar-refractivity contribution is 5.39. The number of aryl methyl sites for hydroxylation is 1. The zero-order valence-electron chi connectivity index (χ0n) is 13.9. The molecule has 1 aromatic carbocycles. The minimum Gasteiger partial charge on any atom is -0.508 e. The molecule has 4 heteroatoms. The largest absolute Gasteiger partial charge is 0.508 e. The predicted molar refractivity (Wildman–Crippen MR) is 90.3 cm³/mol. The van der Waals surface area contributed by atoms with E-state index in [9.17, 15) is 5.11 Å². The molecule has 1 atom stereocenters. The zero-order chi connectivity index (χ0) is 16.4. The van der Waals surface area contributed by atoms with Gasteiger partial charge < -0.3 is 20.7 Å². The van der Waals surface area contributed by atoms with Gasteiger partial charge in [0.15, 0.2) is 0 Å². The van der Waals surface area contributed by atoms with Gasteiger partial charge in [-0.25, -0.2) is 0 Å². The van der Waals surface area contributed by atoms with Gasteiger partial charge in [-0.05, 0) is 36.8 Å². The highest BCUT2D eigenvalue weighted by atomic mass is 16.5. The normalized spacial score (nSPS) is 12.6. The topological polar surface area (TPSA) is 75.7 Å². The monoisotopic (exact) mass is 309 g/mol. The molecule has 0 aliphatic heterocycles. The summed E-state index contributed by atoms with van der Waals surface area (Å²) < 4.78 is 5.67. The molecular weight excluding hydrogens is 278 g/mol. The Labute approximate surface area is 134 Å². The van der Waals surface area contributed by atoms with E-state index in [1.165, 1.54) is 19.3 Å². The van der Waals surface area contributed by atoms with E-state index in [1.54, 1.807) is 6.07 Å². The Hall–Kier alpha value is -1.26. The van der Waals surface area contributed by atoms with Gasteiger partial charge in [0.2, 0.25) is 0 Å². The maximum absolute atomic E-state index is 10.00. The van der Waals surface area contributed by atoms with Gasteiger partial charge in [-0.3, -0.25) is 0 Å². The summed E-state index contributed by atoms with van der Waals surface area (Å²) in [6.45, 7) is 5.15. The lowest BCUT2D eigenvalue weighted by Gasteiger charge is -2.11. The second-order valence-corrected chi connectivity index (χ2v) is 6.36. The molecule has 1 rings (SSSR count). The lowest BCUT2D eigenvalue weighted by Crippen LogP contribution is -2.24. The fourth-order valence-electron chi connectivity index (χ4n) is 2.30. The van der Waals surface area contributed by atoms with Crippen molar-refractivity contribution in [2.75, 3.05) is 13.2 Å². The highest BCUT2D eigenvalue weighted by Crippen LogP contribution is 2.25. The first kappa shape index (κ1) is 18.8. The molecule has 1 unspecified atom stereocenters.